The summed E-state index contributed by atoms with van der Waals surface area (Å²) in [6.07, 6.45) is 0. The van der Waals surface area contributed by atoms with Crippen molar-refractivity contribution >= 4 is 77.4 Å². The molecule has 0 N–H and O–H groups in total. The molecule has 0 aromatic rings. The standard InChI is InChI=1S/5Al.Co.Cr.10O/q;;;;;+2;+3;;;;;;5*-1. The van der Waals surface area contributed by atoms with Gasteiger partial charge in [-0.1, -0.05) is 0 Å². The van der Waals surface area contributed by atoms with E-state index in [9.17, 15) is 0 Å². The Morgan fingerprint density at radius 1 is 0.471 bits per heavy atom. The molecular formula is Al5CoCrO10. The molecule has 10 nitrogen and oxygen atoms in total. The molecule has 0 saturated heterocycles. The summed E-state index contributed by atoms with van der Waals surface area (Å²) in [7, 11) is 0. The van der Waals surface area contributed by atoms with Gasteiger partial charge in [-0.15, -0.1) is 0 Å². The summed E-state index contributed by atoms with van der Waals surface area (Å²) in [5.41, 5.74) is 0. The Hall–Kier alpha value is 1.70. The van der Waals surface area contributed by atoms with Crippen molar-refractivity contribution in [3.8, 4) is 0 Å². The van der Waals surface area contributed by atoms with E-state index in [1.807, 2.05) is 0 Å². The molecule has 2 radical (unpaired) electrons. The van der Waals surface area contributed by atoms with Crippen LogP contribution in [0.5, 0.6) is 0 Å². The molecule has 0 aromatic carbocycles. The fourth-order valence-corrected chi connectivity index (χ4v) is 0. The first-order valence-corrected chi connectivity index (χ1v) is 7.07. The van der Waals surface area contributed by atoms with E-state index in [4.69, 9.17) is 39.8 Å². The van der Waals surface area contributed by atoms with Crippen molar-refractivity contribution in [2.75, 3.05) is 0 Å². The summed E-state index contributed by atoms with van der Waals surface area (Å²) in [4.78, 5) is 0. The zero-order chi connectivity index (χ0) is 13.5. The first kappa shape index (κ1) is 42.8. The molecule has 0 atom stereocenters. The van der Waals surface area contributed by atoms with Crippen LogP contribution in [0, 0.1) is 0 Å². The molecule has 0 amide bonds. The Balaban J connectivity index is -0.0000000143. The van der Waals surface area contributed by atoms with E-state index in [1.165, 1.54) is 0 Å². The van der Waals surface area contributed by atoms with Crippen LogP contribution >= 0.6 is 0 Å². The molecule has 0 bridgehead atoms. The van der Waals surface area contributed by atoms with E-state index >= 15 is 0 Å². The fraction of sp³-hybridized carbons (Fsp3) is 0. The van der Waals surface area contributed by atoms with Gasteiger partial charge in [-0.05, 0) is 0 Å². The van der Waals surface area contributed by atoms with E-state index in [0.29, 0.717) is 0 Å². The van der Waals surface area contributed by atoms with Crippen LogP contribution in [0.4, 0.5) is 0 Å². The Bertz CT molecular complexity index is 97.0. The van der Waals surface area contributed by atoms with Crippen LogP contribution in [0.15, 0.2) is 0 Å². The minimum atomic E-state index is -1.75. The van der Waals surface area contributed by atoms with E-state index in [2.05, 4.69) is 0 Å². The second-order valence-electron chi connectivity index (χ2n) is 0.481. The Labute approximate surface area is 149 Å². The third kappa shape index (κ3) is 1510. The zero-order valence-electron chi connectivity index (χ0n) is 7.71. The third-order valence-corrected chi connectivity index (χ3v) is 0. The molecule has 0 fully saturated rings. The van der Waals surface area contributed by atoms with Crippen molar-refractivity contribution in [3.63, 3.8) is 0 Å². The van der Waals surface area contributed by atoms with Gasteiger partial charge in [0.1, 0.15) is 0 Å². The van der Waals surface area contributed by atoms with Gasteiger partial charge in [-0.3, -0.25) is 0 Å². The van der Waals surface area contributed by atoms with Crippen LogP contribution in [0.3, 0.4) is 0 Å². The maximum atomic E-state index is 8.46. The van der Waals surface area contributed by atoms with E-state index in [0.717, 1.165) is 0 Å². The van der Waals surface area contributed by atoms with Crippen LogP contribution < -0.4 is 20.8 Å². The van der Waals surface area contributed by atoms with Gasteiger partial charge in [0.05, 0.1) is 0 Å². The molecule has 0 heterocycles. The summed E-state index contributed by atoms with van der Waals surface area (Å²) in [5.74, 6) is 0. The first-order chi connectivity index (χ1) is 7.07. The summed E-state index contributed by atoms with van der Waals surface area (Å²) < 4.78 is 84.6. The van der Waals surface area contributed by atoms with Gasteiger partial charge in [0, 0.05) is 0 Å². The summed E-state index contributed by atoms with van der Waals surface area (Å²) in [6, 6.07) is 0. The molecule has 0 aliphatic rings. The molecule has 90 valence electrons. The molecule has 17 heavy (non-hydrogen) atoms. The van der Waals surface area contributed by atoms with Gasteiger partial charge in [0.2, 0.25) is 0 Å². The van der Waals surface area contributed by atoms with Gasteiger partial charge in [-0.25, -0.2) is 0 Å². The summed E-state index contributed by atoms with van der Waals surface area (Å²) in [6.45, 7) is 0. The number of rotatable bonds is 0. The predicted octanol–water partition coefficient (Wildman–Crippen LogP) is -8.45. The first-order valence-electron chi connectivity index (χ1n) is 2.36. The molecule has 0 aliphatic heterocycles. The third-order valence-electron chi connectivity index (χ3n) is 0. The van der Waals surface area contributed by atoms with Crippen molar-refractivity contribution < 1.29 is 73.9 Å². The molecule has 0 aromatic heterocycles. The average molecular weight is 406 g/mol. The second-order valence-corrected chi connectivity index (χ2v) is 1.44. The molecule has 0 aliphatic carbocycles. The maximum absolute atomic E-state index is 8.46. The molecule has 0 rings (SSSR count). The van der Waals surface area contributed by atoms with Gasteiger partial charge in [0.15, 0.2) is 0 Å². The molecule has 0 saturated carbocycles. The zero-order valence-corrected chi connectivity index (χ0v) is 15.8. The molecule has 0 spiro atoms. The Kier molecular flexibility index (Phi) is 277. The average Bonchev–Trinajstić information content (AvgIpc) is 2.09. The summed E-state index contributed by atoms with van der Waals surface area (Å²) in [5, 5.41) is 0. The quantitative estimate of drug-likeness (QED) is 0.348. The SMILES string of the molecule is [Co+2].[Cr+3].[O]=[Al][O-].[O]=[Al][O-].[O]=[Al][O-].[O]=[Al][O-].[O]=[Al][O-]. The van der Waals surface area contributed by atoms with Gasteiger partial charge < -0.3 is 0 Å². The monoisotopic (exact) mass is 406 g/mol. The van der Waals surface area contributed by atoms with Crippen molar-refractivity contribution in [1.29, 1.82) is 0 Å². The predicted molar refractivity (Wildman–Crippen MR) is 32.2 cm³/mol. The van der Waals surface area contributed by atoms with E-state index in [-0.39, 0.29) is 34.1 Å². The number of hydrogen-bond donors (Lipinski definition) is 0. The molecule has 17 heteroatoms. The van der Waals surface area contributed by atoms with Crippen LogP contribution in [0.25, 0.3) is 0 Å². The van der Waals surface area contributed by atoms with Gasteiger partial charge in [0.25, 0.3) is 0 Å². The fourth-order valence-electron chi connectivity index (χ4n) is 0. The van der Waals surface area contributed by atoms with Crippen LogP contribution in [-0.4, -0.2) is 77.4 Å². The molecular weight excluding hydrogens is 406 g/mol. The normalized spacial score (nSPS) is 2.35. The van der Waals surface area contributed by atoms with Crippen molar-refractivity contribution in [3.05, 3.63) is 0 Å². The summed E-state index contributed by atoms with van der Waals surface area (Å²) >= 11 is -8.75. The molecule has 0 unspecified atom stereocenters. The van der Waals surface area contributed by atoms with Gasteiger partial charge >= 0.3 is 151 Å². The van der Waals surface area contributed by atoms with Crippen LogP contribution in [-0.2, 0) is 53.2 Å². The van der Waals surface area contributed by atoms with E-state index < -0.39 is 77.4 Å². The van der Waals surface area contributed by atoms with Crippen molar-refractivity contribution in [2.45, 2.75) is 0 Å². The van der Waals surface area contributed by atoms with Crippen molar-refractivity contribution in [2.24, 2.45) is 0 Å². The minimum absolute atomic E-state index is 0. The second kappa shape index (κ2) is 110. The van der Waals surface area contributed by atoms with Crippen LogP contribution in [0.2, 0.25) is 0 Å². The van der Waals surface area contributed by atoms with E-state index in [1.54, 1.807) is 0 Å². The van der Waals surface area contributed by atoms with Gasteiger partial charge in [-0.2, -0.15) is 0 Å². The Morgan fingerprint density at radius 3 is 0.471 bits per heavy atom. The van der Waals surface area contributed by atoms with Crippen LogP contribution in [0.1, 0.15) is 0 Å². The Morgan fingerprint density at radius 2 is 0.471 bits per heavy atom. The topological polar surface area (TPSA) is 201 Å². The number of hydrogen-bond acceptors (Lipinski definition) is 10. The van der Waals surface area contributed by atoms with Crippen molar-refractivity contribution in [1.82, 2.24) is 0 Å².